The van der Waals surface area contributed by atoms with Crippen LogP contribution in [0.3, 0.4) is 0 Å². The highest BCUT2D eigenvalue weighted by Crippen LogP contribution is 2.20. The molecule has 0 aromatic heterocycles. The molecule has 0 radical (unpaired) electrons. The van der Waals surface area contributed by atoms with E-state index in [1.807, 2.05) is 0 Å². The number of likely N-dealkylation sites (tertiary alicyclic amines) is 1. The van der Waals surface area contributed by atoms with Crippen LogP contribution >= 0.6 is 0 Å². The third-order valence-electron chi connectivity index (χ3n) is 4.52. The third-order valence-corrected chi connectivity index (χ3v) is 4.52. The highest BCUT2D eigenvalue weighted by molar-refractivity contribution is 5.46. The molecular weight excluding hydrogens is 258 g/mol. The van der Waals surface area contributed by atoms with Gasteiger partial charge in [0.05, 0.1) is 0 Å². The van der Waals surface area contributed by atoms with Crippen LogP contribution in [0, 0.1) is 0 Å². The predicted octanol–water partition coefficient (Wildman–Crippen LogP) is 3.28. The van der Waals surface area contributed by atoms with Crippen molar-refractivity contribution in [3.63, 3.8) is 0 Å². The molecule has 0 amide bonds. The van der Waals surface area contributed by atoms with E-state index in [4.69, 9.17) is 0 Å². The van der Waals surface area contributed by atoms with E-state index in [2.05, 4.69) is 67.3 Å². The van der Waals surface area contributed by atoms with Gasteiger partial charge in [0, 0.05) is 31.9 Å². The number of hydrogen-bond donors (Lipinski definition) is 1. The standard InChI is InChI=1S/C18H31N3/c1-5-12-21-13-10-17(11-14-21)19-15(2)16-6-8-18(9-7-16)20(3)4/h6-9,15,17,19H,5,10-14H2,1-4H3. The van der Waals surface area contributed by atoms with Crippen molar-refractivity contribution in [3.8, 4) is 0 Å². The molecule has 1 fully saturated rings. The first kappa shape index (κ1) is 16.3. The van der Waals surface area contributed by atoms with Gasteiger partial charge in [0.25, 0.3) is 0 Å². The second-order valence-corrected chi connectivity index (χ2v) is 6.49. The fourth-order valence-electron chi connectivity index (χ4n) is 3.15. The molecule has 118 valence electrons. The van der Waals surface area contributed by atoms with Crippen LogP contribution in [0.2, 0.25) is 0 Å². The zero-order valence-electron chi connectivity index (χ0n) is 14.1. The van der Waals surface area contributed by atoms with Crippen LogP contribution in [0.1, 0.15) is 44.7 Å². The summed E-state index contributed by atoms with van der Waals surface area (Å²) < 4.78 is 0. The number of benzene rings is 1. The lowest BCUT2D eigenvalue weighted by atomic mass is 10.0. The summed E-state index contributed by atoms with van der Waals surface area (Å²) in [6.45, 7) is 8.30. The van der Waals surface area contributed by atoms with Gasteiger partial charge in [-0.2, -0.15) is 0 Å². The quantitative estimate of drug-likeness (QED) is 0.867. The summed E-state index contributed by atoms with van der Waals surface area (Å²) in [5.41, 5.74) is 2.65. The summed E-state index contributed by atoms with van der Waals surface area (Å²) in [5.74, 6) is 0. The fraction of sp³-hybridized carbons (Fsp3) is 0.667. The molecular formula is C18H31N3. The summed E-state index contributed by atoms with van der Waals surface area (Å²) in [6.07, 6.45) is 3.83. The van der Waals surface area contributed by atoms with E-state index in [1.165, 1.54) is 50.1 Å². The van der Waals surface area contributed by atoms with Crippen molar-refractivity contribution < 1.29 is 0 Å². The second kappa shape index (κ2) is 7.81. The van der Waals surface area contributed by atoms with Crippen molar-refractivity contribution in [1.82, 2.24) is 10.2 Å². The minimum atomic E-state index is 0.434. The molecule has 3 heteroatoms. The zero-order chi connectivity index (χ0) is 15.2. The Bertz CT molecular complexity index is 405. The lowest BCUT2D eigenvalue weighted by Crippen LogP contribution is -2.43. The minimum absolute atomic E-state index is 0.434. The van der Waals surface area contributed by atoms with Crippen molar-refractivity contribution in [3.05, 3.63) is 29.8 Å². The van der Waals surface area contributed by atoms with Crippen molar-refractivity contribution in [2.45, 2.75) is 45.2 Å². The first-order valence-corrected chi connectivity index (χ1v) is 8.36. The number of nitrogens with zero attached hydrogens (tertiary/aromatic N) is 2. The molecule has 1 atom stereocenters. The van der Waals surface area contributed by atoms with Gasteiger partial charge in [-0.25, -0.2) is 0 Å². The Morgan fingerprint density at radius 1 is 1.19 bits per heavy atom. The SMILES string of the molecule is CCCN1CCC(NC(C)c2ccc(N(C)C)cc2)CC1. The van der Waals surface area contributed by atoms with Crippen LogP contribution in [0.25, 0.3) is 0 Å². The van der Waals surface area contributed by atoms with E-state index >= 15 is 0 Å². The molecule has 0 bridgehead atoms. The molecule has 1 saturated heterocycles. The molecule has 2 rings (SSSR count). The number of rotatable bonds is 6. The average Bonchev–Trinajstić information content (AvgIpc) is 2.49. The average molecular weight is 289 g/mol. The molecule has 1 unspecified atom stereocenters. The Morgan fingerprint density at radius 3 is 2.33 bits per heavy atom. The summed E-state index contributed by atoms with van der Waals surface area (Å²) in [5, 5.41) is 3.81. The maximum absolute atomic E-state index is 3.81. The molecule has 1 aromatic carbocycles. The molecule has 0 saturated carbocycles. The van der Waals surface area contributed by atoms with Gasteiger partial charge < -0.3 is 15.1 Å². The van der Waals surface area contributed by atoms with Gasteiger partial charge in [0.15, 0.2) is 0 Å². The van der Waals surface area contributed by atoms with Gasteiger partial charge in [0.1, 0.15) is 0 Å². The normalized spacial score (nSPS) is 18.7. The van der Waals surface area contributed by atoms with Gasteiger partial charge in [-0.1, -0.05) is 19.1 Å². The summed E-state index contributed by atoms with van der Waals surface area (Å²) >= 11 is 0. The Balaban J connectivity index is 1.83. The molecule has 21 heavy (non-hydrogen) atoms. The first-order chi connectivity index (χ1) is 10.1. The van der Waals surface area contributed by atoms with E-state index in [9.17, 15) is 0 Å². The van der Waals surface area contributed by atoms with Gasteiger partial charge >= 0.3 is 0 Å². The number of hydrogen-bond acceptors (Lipinski definition) is 3. The maximum Gasteiger partial charge on any atom is 0.0361 e. The summed E-state index contributed by atoms with van der Waals surface area (Å²) in [7, 11) is 4.17. The summed E-state index contributed by atoms with van der Waals surface area (Å²) in [4.78, 5) is 4.74. The van der Waals surface area contributed by atoms with Crippen molar-refractivity contribution in [2.75, 3.05) is 38.6 Å². The largest absolute Gasteiger partial charge is 0.378 e. The van der Waals surface area contributed by atoms with E-state index in [-0.39, 0.29) is 0 Å². The minimum Gasteiger partial charge on any atom is -0.378 e. The molecule has 3 nitrogen and oxygen atoms in total. The maximum atomic E-state index is 3.81. The third kappa shape index (κ3) is 4.72. The lowest BCUT2D eigenvalue weighted by molar-refractivity contribution is 0.192. The van der Waals surface area contributed by atoms with Crippen molar-refractivity contribution >= 4 is 5.69 Å². The second-order valence-electron chi connectivity index (χ2n) is 6.49. The lowest BCUT2D eigenvalue weighted by Gasteiger charge is -2.34. The highest BCUT2D eigenvalue weighted by atomic mass is 15.1. The zero-order valence-corrected chi connectivity index (χ0v) is 14.1. The van der Waals surface area contributed by atoms with E-state index in [0.29, 0.717) is 12.1 Å². The highest BCUT2D eigenvalue weighted by Gasteiger charge is 2.20. The van der Waals surface area contributed by atoms with E-state index in [0.717, 1.165) is 0 Å². The molecule has 1 N–H and O–H groups in total. The van der Waals surface area contributed by atoms with Gasteiger partial charge in [0.2, 0.25) is 0 Å². The van der Waals surface area contributed by atoms with Crippen LogP contribution < -0.4 is 10.2 Å². The predicted molar refractivity (Wildman–Crippen MR) is 92.1 cm³/mol. The Morgan fingerprint density at radius 2 is 1.81 bits per heavy atom. The van der Waals surface area contributed by atoms with Crippen LogP contribution in [0.4, 0.5) is 5.69 Å². The molecule has 1 aromatic rings. The van der Waals surface area contributed by atoms with E-state index < -0.39 is 0 Å². The number of nitrogens with one attached hydrogen (secondary N) is 1. The van der Waals surface area contributed by atoms with Crippen molar-refractivity contribution in [1.29, 1.82) is 0 Å². The molecule has 1 aliphatic heterocycles. The molecule has 1 aliphatic rings. The summed E-state index contributed by atoms with van der Waals surface area (Å²) in [6, 6.07) is 10.0. The van der Waals surface area contributed by atoms with Crippen LogP contribution in [-0.2, 0) is 0 Å². The Kier molecular flexibility index (Phi) is 6.07. The van der Waals surface area contributed by atoms with Gasteiger partial charge in [-0.3, -0.25) is 0 Å². The van der Waals surface area contributed by atoms with E-state index in [1.54, 1.807) is 0 Å². The topological polar surface area (TPSA) is 18.5 Å². The van der Waals surface area contributed by atoms with Crippen LogP contribution in [-0.4, -0.2) is 44.7 Å². The smallest absolute Gasteiger partial charge is 0.0361 e. The van der Waals surface area contributed by atoms with Crippen LogP contribution in [0.15, 0.2) is 24.3 Å². The Labute approximate surface area is 130 Å². The Hall–Kier alpha value is -1.06. The molecule has 1 heterocycles. The van der Waals surface area contributed by atoms with Gasteiger partial charge in [-0.15, -0.1) is 0 Å². The first-order valence-electron chi connectivity index (χ1n) is 8.36. The number of piperidine rings is 1. The number of anilines is 1. The van der Waals surface area contributed by atoms with Gasteiger partial charge in [-0.05, 0) is 63.5 Å². The van der Waals surface area contributed by atoms with Crippen molar-refractivity contribution in [2.24, 2.45) is 0 Å². The monoisotopic (exact) mass is 289 g/mol. The molecule has 0 aliphatic carbocycles. The molecule has 0 spiro atoms. The fourth-order valence-corrected chi connectivity index (χ4v) is 3.15. The van der Waals surface area contributed by atoms with Crippen LogP contribution in [0.5, 0.6) is 0 Å².